The summed E-state index contributed by atoms with van der Waals surface area (Å²) in [6.45, 7) is 0.529. The Hall–Kier alpha value is -3.62. The van der Waals surface area contributed by atoms with Gasteiger partial charge in [-0.2, -0.15) is 0 Å². The van der Waals surface area contributed by atoms with Gasteiger partial charge in [0.15, 0.2) is 5.11 Å². The molecule has 2 heterocycles. The predicted octanol–water partition coefficient (Wildman–Crippen LogP) is 5.42. The van der Waals surface area contributed by atoms with Gasteiger partial charge in [0.1, 0.15) is 11.4 Å². The van der Waals surface area contributed by atoms with E-state index < -0.39 is 11.8 Å². The summed E-state index contributed by atoms with van der Waals surface area (Å²) >= 11 is 8.65. The van der Waals surface area contributed by atoms with Crippen LogP contribution in [0.3, 0.4) is 0 Å². The fourth-order valence-corrected chi connectivity index (χ4v) is 4.62. The Morgan fingerprint density at radius 2 is 1.82 bits per heavy atom. The maximum Gasteiger partial charge on any atom is 0.270 e. The third kappa shape index (κ3) is 4.30. The number of carbonyl (C=O) groups excluding carboxylic acids is 2. The molecule has 0 aliphatic carbocycles. The zero-order valence-electron chi connectivity index (χ0n) is 17.7. The highest BCUT2D eigenvalue weighted by atomic mass is 79.9. The second-order valence-corrected chi connectivity index (χ2v) is 9.13. The molecule has 0 spiro atoms. The number of halogens is 2. The summed E-state index contributed by atoms with van der Waals surface area (Å²) in [5.41, 5.74) is 3.07. The summed E-state index contributed by atoms with van der Waals surface area (Å²) in [6.07, 6.45) is 3.49. The van der Waals surface area contributed by atoms with E-state index in [4.69, 9.17) is 12.2 Å². The maximum atomic E-state index is 13.5. The number of rotatable bonds is 4. The van der Waals surface area contributed by atoms with E-state index in [9.17, 15) is 14.0 Å². The van der Waals surface area contributed by atoms with Crippen LogP contribution in [0.5, 0.6) is 0 Å². The molecule has 34 heavy (non-hydrogen) atoms. The van der Waals surface area contributed by atoms with Crippen molar-refractivity contribution in [3.63, 3.8) is 0 Å². The zero-order chi connectivity index (χ0) is 23.8. The maximum absolute atomic E-state index is 13.5. The molecule has 1 aliphatic heterocycles. The molecule has 0 saturated carbocycles. The number of thiocarbonyl (C=S) groups is 1. The largest absolute Gasteiger partial charge is 0.343 e. The van der Waals surface area contributed by atoms with Gasteiger partial charge >= 0.3 is 0 Å². The zero-order valence-corrected chi connectivity index (χ0v) is 20.1. The number of hydrogen-bond donors (Lipinski definition) is 1. The molecule has 2 amide bonds. The van der Waals surface area contributed by atoms with Gasteiger partial charge < -0.3 is 4.57 Å². The first-order valence-corrected chi connectivity index (χ1v) is 11.6. The van der Waals surface area contributed by atoms with Gasteiger partial charge in [0.2, 0.25) is 0 Å². The number of hydrogen-bond acceptors (Lipinski definition) is 3. The van der Waals surface area contributed by atoms with Gasteiger partial charge in [-0.05, 0) is 78.0 Å². The number of nitrogens with one attached hydrogen (secondary N) is 1. The second kappa shape index (κ2) is 8.96. The molecular formula is C26H17BrFN3O2S. The van der Waals surface area contributed by atoms with Crippen LogP contribution >= 0.6 is 28.1 Å². The van der Waals surface area contributed by atoms with Crippen molar-refractivity contribution in [2.24, 2.45) is 0 Å². The van der Waals surface area contributed by atoms with E-state index >= 15 is 0 Å². The summed E-state index contributed by atoms with van der Waals surface area (Å²) in [7, 11) is 0. The van der Waals surface area contributed by atoms with E-state index in [1.54, 1.807) is 30.3 Å². The molecule has 5 nitrogen and oxygen atoms in total. The highest BCUT2D eigenvalue weighted by Crippen LogP contribution is 2.26. The van der Waals surface area contributed by atoms with Gasteiger partial charge in [-0.15, -0.1) is 0 Å². The van der Waals surface area contributed by atoms with Crippen LogP contribution in [0.25, 0.3) is 17.0 Å². The van der Waals surface area contributed by atoms with Gasteiger partial charge in [-0.3, -0.25) is 19.8 Å². The Labute approximate surface area is 208 Å². The summed E-state index contributed by atoms with van der Waals surface area (Å²) in [5, 5.41) is 3.58. The molecule has 1 aromatic heterocycles. The van der Waals surface area contributed by atoms with Crippen molar-refractivity contribution >= 4 is 67.7 Å². The topological polar surface area (TPSA) is 54.3 Å². The van der Waals surface area contributed by atoms with Crippen molar-refractivity contribution in [1.82, 2.24) is 9.88 Å². The van der Waals surface area contributed by atoms with Crippen LogP contribution < -0.4 is 10.2 Å². The van der Waals surface area contributed by atoms with Crippen LogP contribution in [0.4, 0.5) is 10.1 Å². The van der Waals surface area contributed by atoms with E-state index in [0.717, 1.165) is 20.9 Å². The average molecular weight is 534 g/mol. The van der Waals surface area contributed by atoms with Crippen molar-refractivity contribution < 1.29 is 14.0 Å². The molecule has 8 heteroatoms. The molecule has 1 saturated heterocycles. The van der Waals surface area contributed by atoms with Crippen LogP contribution in [0, 0.1) is 5.82 Å². The van der Waals surface area contributed by atoms with Gasteiger partial charge in [0.05, 0.1) is 5.69 Å². The third-order valence-corrected chi connectivity index (χ3v) is 6.29. The lowest BCUT2D eigenvalue weighted by atomic mass is 10.1. The number of nitrogens with zero attached hydrogens (tertiary/aromatic N) is 2. The lowest BCUT2D eigenvalue weighted by Gasteiger charge is -2.29. The van der Waals surface area contributed by atoms with Crippen molar-refractivity contribution in [1.29, 1.82) is 0 Å². The van der Waals surface area contributed by atoms with E-state index in [0.29, 0.717) is 17.8 Å². The summed E-state index contributed by atoms with van der Waals surface area (Å²) in [5.74, 6) is -1.30. The molecule has 0 atom stereocenters. The Balaban J connectivity index is 1.46. The lowest BCUT2D eigenvalue weighted by Crippen LogP contribution is -2.54. The van der Waals surface area contributed by atoms with Crippen LogP contribution in [0.2, 0.25) is 0 Å². The minimum atomic E-state index is -0.537. The van der Waals surface area contributed by atoms with Gasteiger partial charge in [0.25, 0.3) is 11.8 Å². The first-order chi connectivity index (χ1) is 16.4. The Kier molecular flexibility index (Phi) is 5.85. The Bertz CT molecular complexity index is 1510. The molecule has 5 rings (SSSR count). The second-order valence-electron chi connectivity index (χ2n) is 7.83. The molecule has 0 unspecified atom stereocenters. The first kappa shape index (κ1) is 22.2. The van der Waals surface area contributed by atoms with Crippen LogP contribution in [0.15, 0.2) is 89.0 Å². The molecule has 3 aromatic carbocycles. The summed E-state index contributed by atoms with van der Waals surface area (Å²) in [4.78, 5) is 27.1. The van der Waals surface area contributed by atoms with Crippen molar-refractivity contribution in [3.8, 4) is 0 Å². The van der Waals surface area contributed by atoms with E-state index in [2.05, 4.69) is 21.2 Å². The van der Waals surface area contributed by atoms with Crippen molar-refractivity contribution in [2.45, 2.75) is 6.54 Å². The lowest BCUT2D eigenvalue weighted by molar-refractivity contribution is -0.122. The number of anilines is 1. The SMILES string of the molecule is O=C1NC(=S)N(c2cccc(Br)c2)C(=O)/C1=C\c1ccc2c(ccn2Cc2cccc(F)c2)c1. The third-order valence-electron chi connectivity index (χ3n) is 5.52. The smallest absolute Gasteiger partial charge is 0.270 e. The van der Waals surface area contributed by atoms with Crippen LogP contribution in [-0.4, -0.2) is 21.5 Å². The number of benzene rings is 3. The fourth-order valence-electron chi connectivity index (χ4n) is 3.95. The standard InChI is InChI=1S/C26H17BrFN3O2S/c27-19-4-2-6-21(14-19)31-25(33)22(24(32)29-26(31)34)13-16-7-8-23-18(11-16)9-10-30(23)15-17-3-1-5-20(28)12-17/h1-14H,15H2,(H,29,32,34)/b22-13-. The fraction of sp³-hybridized carbons (Fsp3) is 0.0385. The minimum Gasteiger partial charge on any atom is -0.343 e. The van der Waals surface area contributed by atoms with E-state index in [1.807, 2.05) is 47.2 Å². The predicted molar refractivity (Wildman–Crippen MR) is 138 cm³/mol. The number of aromatic nitrogens is 1. The van der Waals surface area contributed by atoms with Gasteiger partial charge in [0, 0.05) is 28.1 Å². The molecular weight excluding hydrogens is 517 g/mol. The summed E-state index contributed by atoms with van der Waals surface area (Å²) in [6, 6.07) is 21.2. The van der Waals surface area contributed by atoms with Crippen molar-refractivity contribution in [2.75, 3.05) is 4.90 Å². The quantitative estimate of drug-likeness (QED) is 0.216. The first-order valence-electron chi connectivity index (χ1n) is 10.4. The van der Waals surface area contributed by atoms with Crippen molar-refractivity contribution in [3.05, 3.63) is 106 Å². The van der Waals surface area contributed by atoms with Gasteiger partial charge in [-0.25, -0.2) is 4.39 Å². The molecule has 168 valence electrons. The van der Waals surface area contributed by atoms with E-state index in [-0.39, 0.29) is 16.5 Å². The summed E-state index contributed by atoms with van der Waals surface area (Å²) < 4.78 is 16.3. The normalized spacial score (nSPS) is 15.3. The monoisotopic (exact) mass is 533 g/mol. The highest BCUT2D eigenvalue weighted by Gasteiger charge is 2.34. The number of amides is 2. The number of carbonyl (C=O) groups is 2. The molecule has 0 radical (unpaired) electrons. The molecule has 1 fully saturated rings. The average Bonchev–Trinajstić information content (AvgIpc) is 3.18. The van der Waals surface area contributed by atoms with Gasteiger partial charge in [-0.1, -0.05) is 40.2 Å². The molecule has 1 aliphatic rings. The molecule has 4 aromatic rings. The Morgan fingerprint density at radius 3 is 2.62 bits per heavy atom. The van der Waals surface area contributed by atoms with Crippen LogP contribution in [0.1, 0.15) is 11.1 Å². The Morgan fingerprint density at radius 1 is 1.00 bits per heavy atom. The van der Waals surface area contributed by atoms with E-state index in [1.165, 1.54) is 17.0 Å². The van der Waals surface area contributed by atoms with Crippen LogP contribution in [-0.2, 0) is 16.1 Å². The number of fused-ring (bicyclic) bond motifs is 1. The molecule has 1 N–H and O–H groups in total. The molecule has 0 bridgehead atoms. The highest BCUT2D eigenvalue weighted by molar-refractivity contribution is 9.10. The minimum absolute atomic E-state index is 0.00730.